The van der Waals surface area contributed by atoms with E-state index in [0.29, 0.717) is 24.5 Å². The van der Waals surface area contributed by atoms with Crippen molar-refractivity contribution in [3.63, 3.8) is 0 Å². The highest BCUT2D eigenvalue weighted by atomic mass is 16.4. The highest BCUT2D eigenvalue weighted by Crippen LogP contribution is 1.98. The zero-order valence-corrected chi connectivity index (χ0v) is 13.3. The number of hydrogen-bond acceptors (Lipinski definition) is 10. The van der Waals surface area contributed by atoms with Gasteiger partial charge in [-0.1, -0.05) is 0 Å². The van der Waals surface area contributed by atoms with Crippen LogP contribution >= 0.6 is 0 Å². The van der Waals surface area contributed by atoms with Crippen molar-refractivity contribution in [2.24, 2.45) is 0 Å². The van der Waals surface area contributed by atoms with Gasteiger partial charge in [0, 0.05) is 38.6 Å². The number of aliphatic hydroxyl groups is 6. The molecule has 10 heteroatoms. The van der Waals surface area contributed by atoms with Crippen molar-refractivity contribution in [1.82, 2.24) is 20.6 Å². The molecule has 4 atom stereocenters. The molecule has 24 heavy (non-hydrogen) atoms. The van der Waals surface area contributed by atoms with Gasteiger partial charge in [-0.05, 0) is 0 Å². The minimum atomic E-state index is -1.19. The third-order valence-corrected chi connectivity index (χ3v) is 3.32. The SMILES string of the molecule is OCC(O)C(O)CNCc1cncc(CNCC(O)C(O)CO)n1. The summed E-state index contributed by atoms with van der Waals surface area (Å²) in [6, 6.07) is 0. The van der Waals surface area contributed by atoms with Gasteiger partial charge in [-0.25, -0.2) is 0 Å². The van der Waals surface area contributed by atoms with Crippen LogP contribution in [0.1, 0.15) is 11.4 Å². The van der Waals surface area contributed by atoms with Gasteiger partial charge in [0.05, 0.1) is 36.8 Å². The van der Waals surface area contributed by atoms with E-state index in [1.165, 1.54) is 0 Å². The lowest BCUT2D eigenvalue weighted by Gasteiger charge is -2.16. The largest absolute Gasteiger partial charge is 0.394 e. The third kappa shape index (κ3) is 7.55. The fraction of sp³-hybridized carbons (Fsp3) is 0.714. The van der Waals surface area contributed by atoms with Gasteiger partial charge in [-0.3, -0.25) is 9.97 Å². The molecule has 138 valence electrons. The maximum atomic E-state index is 9.50. The second kappa shape index (κ2) is 11.3. The van der Waals surface area contributed by atoms with Crippen molar-refractivity contribution in [2.45, 2.75) is 37.5 Å². The highest BCUT2D eigenvalue weighted by Gasteiger charge is 2.15. The molecule has 0 aliphatic rings. The number of aliphatic hydroxyl groups excluding tert-OH is 6. The molecule has 0 aromatic carbocycles. The predicted molar refractivity (Wildman–Crippen MR) is 83.6 cm³/mol. The molecule has 0 aliphatic heterocycles. The van der Waals surface area contributed by atoms with Crippen LogP contribution in [-0.2, 0) is 13.1 Å². The minimum absolute atomic E-state index is 0.0944. The van der Waals surface area contributed by atoms with Crippen molar-refractivity contribution in [3.05, 3.63) is 23.8 Å². The summed E-state index contributed by atoms with van der Waals surface area (Å²) in [5.41, 5.74) is 1.24. The van der Waals surface area contributed by atoms with Crippen LogP contribution in [0.25, 0.3) is 0 Å². The molecule has 0 saturated carbocycles. The molecular weight excluding hydrogens is 320 g/mol. The second-order valence-electron chi connectivity index (χ2n) is 5.40. The number of rotatable bonds is 12. The van der Waals surface area contributed by atoms with Crippen LogP contribution in [0.2, 0.25) is 0 Å². The van der Waals surface area contributed by atoms with Gasteiger partial charge in [0.15, 0.2) is 0 Å². The van der Waals surface area contributed by atoms with E-state index in [0.717, 1.165) is 0 Å². The van der Waals surface area contributed by atoms with Crippen LogP contribution in [0, 0.1) is 0 Å². The van der Waals surface area contributed by atoms with E-state index in [1.54, 1.807) is 12.4 Å². The quantitative estimate of drug-likeness (QED) is 0.187. The van der Waals surface area contributed by atoms with E-state index in [-0.39, 0.29) is 13.1 Å². The maximum absolute atomic E-state index is 9.50. The predicted octanol–water partition coefficient (Wildman–Crippen LogP) is -3.92. The average Bonchev–Trinajstić information content (AvgIpc) is 2.60. The van der Waals surface area contributed by atoms with Crippen LogP contribution in [0.5, 0.6) is 0 Å². The summed E-state index contributed by atoms with van der Waals surface area (Å²) in [6.07, 6.45) is -1.44. The fourth-order valence-electron chi connectivity index (χ4n) is 1.83. The number of hydrogen-bond donors (Lipinski definition) is 8. The maximum Gasteiger partial charge on any atom is 0.104 e. The first-order valence-electron chi connectivity index (χ1n) is 7.63. The Labute approximate surface area is 139 Å². The zero-order valence-electron chi connectivity index (χ0n) is 13.3. The van der Waals surface area contributed by atoms with E-state index in [9.17, 15) is 20.4 Å². The molecule has 8 N–H and O–H groups in total. The normalized spacial score (nSPS) is 16.6. The Morgan fingerprint density at radius 1 is 0.750 bits per heavy atom. The first kappa shape index (κ1) is 20.8. The third-order valence-electron chi connectivity index (χ3n) is 3.32. The molecular formula is C14H26N4O6. The molecule has 0 spiro atoms. The molecule has 0 fully saturated rings. The summed E-state index contributed by atoms with van der Waals surface area (Å²) in [5, 5.41) is 60.7. The summed E-state index contributed by atoms with van der Waals surface area (Å²) in [6.45, 7) is -0.195. The number of nitrogens with zero attached hydrogens (tertiary/aromatic N) is 2. The monoisotopic (exact) mass is 346 g/mol. The number of aromatic nitrogens is 2. The van der Waals surface area contributed by atoms with Gasteiger partial charge < -0.3 is 41.3 Å². The van der Waals surface area contributed by atoms with Crippen molar-refractivity contribution >= 4 is 0 Å². The van der Waals surface area contributed by atoms with Crippen LogP contribution < -0.4 is 10.6 Å². The Bertz CT molecular complexity index is 429. The molecule has 10 nitrogen and oxygen atoms in total. The Hall–Kier alpha value is -1.24. The van der Waals surface area contributed by atoms with Gasteiger partial charge in [0.25, 0.3) is 0 Å². The molecule has 1 rings (SSSR count). The molecule has 1 aromatic rings. The van der Waals surface area contributed by atoms with Crippen molar-refractivity contribution in [3.8, 4) is 0 Å². The van der Waals surface area contributed by atoms with Crippen molar-refractivity contribution < 1.29 is 30.6 Å². The first-order chi connectivity index (χ1) is 11.5. The fourth-order valence-corrected chi connectivity index (χ4v) is 1.83. The van der Waals surface area contributed by atoms with Gasteiger partial charge in [-0.2, -0.15) is 0 Å². The lowest BCUT2D eigenvalue weighted by molar-refractivity contribution is -0.0130. The van der Waals surface area contributed by atoms with Crippen LogP contribution in [0.3, 0.4) is 0 Å². The molecule has 0 amide bonds. The zero-order chi connectivity index (χ0) is 17.9. The van der Waals surface area contributed by atoms with Gasteiger partial charge >= 0.3 is 0 Å². The lowest BCUT2D eigenvalue weighted by Crippen LogP contribution is -2.38. The summed E-state index contributed by atoms with van der Waals surface area (Å²) in [7, 11) is 0. The topological polar surface area (TPSA) is 171 Å². The van der Waals surface area contributed by atoms with Gasteiger partial charge in [0.1, 0.15) is 12.2 Å². The molecule has 0 aliphatic carbocycles. The molecule has 1 aromatic heterocycles. The molecule has 0 saturated heterocycles. The van der Waals surface area contributed by atoms with Crippen molar-refractivity contribution in [1.29, 1.82) is 0 Å². The lowest BCUT2D eigenvalue weighted by atomic mass is 10.2. The van der Waals surface area contributed by atoms with Crippen LogP contribution in [0.4, 0.5) is 0 Å². The van der Waals surface area contributed by atoms with Crippen molar-refractivity contribution in [2.75, 3.05) is 26.3 Å². The Morgan fingerprint density at radius 3 is 1.54 bits per heavy atom. The smallest absolute Gasteiger partial charge is 0.104 e. The summed E-state index contributed by atoms with van der Waals surface area (Å²) < 4.78 is 0. The summed E-state index contributed by atoms with van der Waals surface area (Å²) in [4.78, 5) is 8.36. The Kier molecular flexibility index (Phi) is 9.83. The Balaban J connectivity index is 2.35. The summed E-state index contributed by atoms with van der Waals surface area (Å²) >= 11 is 0. The van der Waals surface area contributed by atoms with Crippen LogP contribution in [-0.4, -0.2) is 91.3 Å². The molecule has 1 heterocycles. The van der Waals surface area contributed by atoms with Crippen LogP contribution in [0.15, 0.2) is 12.4 Å². The van der Waals surface area contributed by atoms with E-state index < -0.39 is 37.6 Å². The molecule has 0 radical (unpaired) electrons. The second-order valence-corrected chi connectivity index (χ2v) is 5.40. The highest BCUT2D eigenvalue weighted by molar-refractivity contribution is 5.03. The first-order valence-corrected chi connectivity index (χ1v) is 7.63. The molecule has 4 unspecified atom stereocenters. The van der Waals surface area contributed by atoms with E-state index in [1.807, 2.05) is 0 Å². The number of nitrogens with one attached hydrogen (secondary N) is 2. The Morgan fingerprint density at radius 2 is 1.17 bits per heavy atom. The molecule has 0 bridgehead atoms. The summed E-state index contributed by atoms with van der Waals surface area (Å²) in [5.74, 6) is 0. The van der Waals surface area contributed by atoms with E-state index >= 15 is 0 Å². The minimum Gasteiger partial charge on any atom is -0.394 e. The van der Waals surface area contributed by atoms with Gasteiger partial charge in [0.2, 0.25) is 0 Å². The van der Waals surface area contributed by atoms with Gasteiger partial charge in [-0.15, -0.1) is 0 Å². The average molecular weight is 346 g/mol. The van der Waals surface area contributed by atoms with E-state index in [2.05, 4.69) is 20.6 Å². The van der Waals surface area contributed by atoms with E-state index in [4.69, 9.17) is 10.2 Å². The standard InChI is InChI=1S/C14H26N4O6/c19-7-13(23)11(21)5-16-3-9-1-15-2-10(18-9)4-17-6-12(22)14(24)8-20/h1-2,11-14,16-17,19-24H,3-8H2.